The van der Waals surface area contributed by atoms with Crippen molar-refractivity contribution in [1.82, 2.24) is 5.32 Å². The molecule has 1 aliphatic rings. The molecule has 4 rings (SSSR count). The summed E-state index contributed by atoms with van der Waals surface area (Å²) in [5.74, 6) is 5.26. The van der Waals surface area contributed by atoms with E-state index in [0.717, 1.165) is 11.1 Å². The van der Waals surface area contributed by atoms with Gasteiger partial charge < -0.3 is 10.1 Å². The van der Waals surface area contributed by atoms with Crippen molar-refractivity contribution < 1.29 is 13.9 Å². The number of benzene rings is 3. The smallest absolute Gasteiger partial charge is 0.407 e. The fourth-order valence-corrected chi connectivity index (χ4v) is 4.00. The summed E-state index contributed by atoms with van der Waals surface area (Å²) in [7, 11) is 0. The molecular weight excluding hydrogens is 433 g/mol. The normalized spacial score (nSPS) is 11.8. The Bertz CT molecular complexity index is 1070. The molecule has 3 aromatic rings. The van der Waals surface area contributed by atoms with E-state index in [0.29, 0.717) is 10.0 Å². The summed E-state index contributed by atoms with van der Waals surface area (Å²) in [6.07, 6.45) is -0.526. The van der Waals surface area contributed by atoms with Gasteiger partial charge in [-0.15, -0.1) is 0 Å². The van der Waals surface area contributed by atoms with Crippen molar-refractivity contribution in [2.45, 2.75) is 5.92 Å². The summed E-state index contributed by atoms with van der Waals surface area (Å²) < 4.78 is 19.4. The monoisotopic (exact) mass is 449 g/mol. The molecule has 0 radical (unpaired) electrons. The second-order valence-electron chi connectivity index (χ2n) is 6.64. The highest BCUT2D eigenvalue weighted by Gasteiger charge is 2.28. The van der Waals surface area contributed by atoms with Crippen LogP contribution < -0.4 is 5.32 Å². The molecule has 0 fully saturated rings. The fraction of sp³-hybridized carbons (Fsp3) is 0.125. The molecule has 0 bridgehead atoms. The predicted octanol–water partition coefficient (Wildman–Crippen LogP) is 5.48. The minimum Gasteiger partial charge on any atom is -0.449 e. The highest BCUT2D eigenvalue weighted by molar-refractivity contribution is 9.10. The summed E-state index contributed by atoms with van der Waals surface area (Å²) in [6, 6.07) is 20.8. The summed E-state index contributed by atoms with van der Waals surface area (Å²) in [5, 5.41) is 2.61. The molecule has 144 valence electrons. The molecule has 29 heavy (non-hydrogen) atoms. The number of carbonyl (C=O) groups excluding carboxylic acids is 1. The Balaban J connectivity index is 1.35. The van der Waals surface area contributed by atoms with Gasteiger partial charge in [0.05, 0.1) is 6.54 Å². The van der Waals surface area contributed by atoms with E-state index in [1.807, 2.05) is 24.3 Å². The van der Waals surface area contributed by atoms with E-state index < -0.39 is 6.09 Å². The van der Waals surface area contributed by atoms with Crippen molar-refractivity contribution in [2.24, 2.45) is 0 Å². The maximum Gasteiger partial charge on any atom is 0.407 e. The summed E-state index contributed by atoms with van der Waals surface area (Å²) >= 11 is 3.22. The zero-order chi connectivity index (χ0) is 20.2. The van der Waals surface area contributed by atoms with Gasteiger partial charge in [0, 0.05) is 16.0 Å². The van der Waals surface area contributed by atoms with Crippen LogP contribution in [0, 0.1) is 17.7 Å². The topological polar surface area (TPSA) is 38.3 Å². The van der Waals surface area contributed by atoms with Gasteiger partial charge in [-0.1, -0.05) is 76.3 Å². The highest BCUT2D eigenvalue weighted by Crippen LogP contribution is 2.44. The molecule has 1 amide bonds. The molecule has 0 heterocycles. The standard InChI is InChI=1S/C24H17BrFNO2/c25-17-12-16(13-18(26)14-17)6-5-11-27-24(28)29-15-23-21-9-3-1-7-19(21)20-8-2-4-10-22(20)23/h1-4,7-10,12-14,23H,11,15H2,(H,27,28). The molecule has 0 saturated heterocycles. The molecule has 1 N–H and O–H groups in total. The lowest BCUT2D eigenvalue weighted by atomic mass is 9.98. The van der Waals surface area contributed by atoms with Crippen molar-refractivity contribution in [3.05, 3.63) is 93.7 Å². The van der Waals surface area contributed by atoms with E-state index in [9.17, 15) is 9.18 Å². The van der Waals surface area contributed by atoms with E-state index in [1.165, 1.54) is 23.3 Å². The number of rotatable bonds is 3. The Morgan fingerprint density at radius 2 is 1.69 bits per heavy atom. The van der Waals surface area contributed by atoms with Crippen LogP contribution in [-0.4, -0.2) is 19.2 Å². The first-order valence-corrected chi connectivity index (χ1v) is 9.95. The second-order valence-corrected chi connectivity index (χ2v) is 7.55. The largest absolute Gasteiger partial charge is 0.449 e. The number of fused-ring (bicyclic) bond motifs is 3. The molecule has 5 heteroatoms. The van der Waals surface area contributed by atoms with Crippen molar-refractivity contribution in [1.29, 1.82) is 0 Å². The van der Waals surface area contributed by atoms with Crippen LogP contribution in [0.15, 0.2) is 71.2 Å². The van der Waals surface area contributed by atoms with Gasteiger partial charge in [0.1, 0.15) is 12.4 Å². The molecule has 0 aliphatic heterocycles. The summed E-state index contributed by atoms with van der Waals surface area (Å²) in [6.45, 7) is 0.370. The highest BCUT2D eigenvalue weighted by atomic mass is 79.9. The van der Waals surface area contributed by atoms with Gasteiger partial charge in [-0.3, -0.25) is 0 Å². The first kappa shape index (κ1) is 19.2. The number of halogens is 2. The third-order valence-corrected chi connectivity index (χ3v) is 5.22. The van der Waals surface area contributed by atoms with Crippen LogP contribution in [0.3, 0.4) is 0 Å². The molecule has 0 unspecified atom stereocenters. The lowest BCUT2D eigenvalue weighted by Gasteiger charge is -2.14. The van der Waals surface area contributed by atoms with Gasteiger partial charge in [0.15, 0.2) is 0 Å². The fourth-order valence-electron chi connectivity index (χ4n) is 3.54. The van der Waals surface area contributed by atoms with Crippen molar-refractivity contribution in [3.63, 3.8) is 0 Å². The second kappa shape index (κ2) is 8.50. The quantitative estimate of drug-likeness (QED) is 0.537. The number of amides is 1. The Morgan fingerprint density at radius 1 is 1.03 bits per heavy atom. The summed E-state index contributed by atoms with van der Waals surface area (Å²) in [4.78, 5) is 12.1. The number of hydrogen-bond donors (Lipinski definition) is 1. The molecule has 0 spiro atoms. The average Bonchev–Trinajstić information content (AvgIpc) is 3.03. The molecular formula is C24H17BrFNO2. The molecule has 3 aromatic carbocycles. The third kappa shape index (κ3) is 4.33. The van der Waals surface area contributed by atoms with E-state index in [2.05, 4.69) is 57.4 Å². The first-order chi connectivity index (χ1) is 14.1. The first-order valence-electron chi connectivity index (χ1n) is 9.15. The van der Waals surface area contributed by atoms with Crippen LogP contribution in [0.2, 0.25) is 0 Å². The molecule has 0 saturated carbocycles. The summed E-state index contributed by atoms with van der Waals surface area (Å²) in [5.41, 5.74) is 5.23. The van der Waals surface area contributed by atoms with Crippen LogP contribution in [0.1, 0.15) is 22.6 Å². The SMILES string of the molecule is O=C(NCC#Cc1cc(F)cc(Br)c1)OCC1c2ccccc2-c2ccccc21. The number of nitrogens with one attached hydrogen (secondary N) is 1. The Morgan fingerprint density at radius 3 is 2.34 bits per heavy atom. The minimum atomic E-state index is -0.526. The number of alkyl carbamates (subject to hydrolysis) is 1. The number of carbonyl (C=O) groups is 1. The predicted molar refractivity (Wildman–Crippen MR) is 114 cm³/mol. The number of ether oxygens (including phenoxy) is 1. The van der Waals surface area contributed by atoms with Crippen LogP contribution in [0.25, 0.3) is 11.1 Å². The van der Waals surface area contributed by atoms with Crippen molar-refractivity contribution in [2.75, 3.05) is 13.2 Å². The maximum atomic E-state index is 13.3. The Hall–Kier alpha value is -3.10. The van der Waals surface area contributed by atoms with Crippen molar-refractivity contribution in [3.8, 4) is 23.0 Å². The average molecular weight is 450 g/mol. The zero-order valence-electron chi connectivity index (χ0n) is 15.4. The molecule has 1 aliphatic carbocycles. The third-order valence-electron chi connectivity index (χ3n) is 4.76. The van der Waals surface area contributed by atoms with E-state index in [4.69, 9.17) is 4.74 Å². The van der Waals surface area contributed by atoms with Crippen LogP contribution in [0.5, 0.6) is 0 Å². The van der Waals surface area contributed by atoms with Gasteiger partial charge in [0.2, 0.25) is 0 Å². The van der Waals surface area contributed by atoms with Crippen LogP contribution in [-0.2, 0) is 4.74 Å². The van der Waals surface area contributed by atoms with Crippen molar-refractivity contribution >= 4 is 22.0 Å². The van der Waals surface area contributed by atoms with E-state index in [-0.39, 0.29) is 24.9 Å². The van der Waals surface area contributed by atoms with Gasteiger partial charge in [-0.2, -0.15) is 0 Å². The van der Waals surface area contributed by atoms with Gasteiger partial charge in [-0.05, 0) is 40.5 Å². The van der Waals surface area contributed by atoms with Crippen LogP contribution in [0.4, 0.5) is 9.18 Å². The lowest BCUT2D eigenvalue weighted by molar-refractivity contribution is 0.144. The van der Waals surface area contributed by atoms with Gasteiger partial charge in [0.25, 0.3) is 0 Å². The van der Waals surface area contributed by atoms with Crippen LogP contribution >= 0.6 is 15.9 Å². The molecule has 0 atom stereocenters. The molecule has 0 aromatic heterocycles. The Labute approximate surface area is 177 Å². The zero-order valence-corrected chi connectivity index (χ0v) is 17.0. The maximum absolute atomic E-state index is 13.3. The number of hydrogen-bond acceptors (Lipinski definition) is 2. The molecule has 3 nitrogen and oxygen atoms in total. The van der Waals surface area contributed by atoms with E-state index >= 15 is 0 Å². The Kier molecular flexibility index (Phi) is 5.64. The minimum absolute atomic E-state index is 0.0175. The van der Waals surface area contributed by atoms with Gasteiger partial charge >= 0.3 is 6.09 Å². The van der Waals surface area contributed by atoms with E-state index in [1.54, 1.807) is 6.07 Å². The lowest BCUT2D eigenvalue weighted by Crippen LogP contribution is -2.26. The van der Waals surface area contributed by atoms with Gasteiger partial charge in [-0.25, -0.2) is 9.18 Å².